The highest BCUT2D eigenvalue weighted by molar-refractivity contribution is 8.02. The van der Waals surface area contributed by atoms with Crippen molar-refractivity contribution in [3.63, 3.8) is 0 Å². The Balaban J connectivity index is 1.51. The van der Waals surface area contributed by atoms with E-state index in [1.165, 1.54) is 0 Å². The van der Waals surface area contributed by atoms with Gasteiger partial charge in [-0.25, -0.2) is 9.34 Å². The van der Waals surface area contributed by atoms with Gasteiger partial charge >= 0.3 is 7.66 Å². The van der Waals surface area contributed by atoms with Crippen molar-refractivity contribution in [2.75, 3.05) is 13.2 Å². The summed E-state index contributed by atoms with van der Waals surface area (Å²) in [5, 5.41) is 0. The van der Waals surface area contributed by atoms with Gasteiger partial charge in [-0.15, -0.1) is 0 Å². The van der Waals surface area contributed by atoms with Gasteiger partial charge in [-0.3, -0.25) is 0 Å². The fourth-order valence-corrected chi connectivity index (χ4v) is 18.8. The minimum absolute atomic E-state index is 0.489. The molecule has 2 aliphatic heterocycles. The molecule has 0 aromatic heterocycles. The number of rotatable bonds is 10. The van der Waals surface area contributed by atoms with Crippen molar-refractivity contribution in [1.29, 1.82) is 0 Å². The summed E-state index contributed by atoms with van der Waals surface area (Å²) in [5.41, 5.74) is 4.42. The first-order valence-corrected chi connectivity index (χ1v) is 20.8. The Hall–Kier alpha value is -2.01. The summed E-state index contributed by atoms with van der Waals surface area (Å²) in [4.78, 5) is 0. The van der Waals surface area contributed by atoms with Crippen LogP contribution in [-0.2, 0) is 35.2 Å². The molecular formula is C31H34Cl2N5O2P3. The van der Waals surface area contributed by atoms with Crippen molar-refractivity contribution in [3.8, 4) is 0 Å². The van der Waals surface area contributed by atoms with E-state index in [0.717, 1.165) is 28.7 Å². The van der Waals surface area contributed by atoms with Gasteiger partial charge in [0.05, 0.1) is 13.2 Å². The van der Waals surface area contributed by atoms with Crippen LogP contribution < -0.4 is 0 Å². The van der Waals surface area contributed by atoms with Gasteiger partial charge in [-0.05, 0) is 51.2 Å². The highest BCUT2D eigenvalue weighted by atomic mass is 35.7. The Morgan fingerprint density at radius 2 is 0.814 bits per heavy atom. The molecule has 1 fully saturated rings. The molecule has 1 spiro atoms. The molecule has 7 nitrogen and oxygen atoms in total. The maximum atomic E-state index is 7.73. The highest BCUT2D eigenvalue weighted by Gasteiger charge is 2.44. The van der Waals surface area contributed by atoms with Crippen LogP contribution in [0.1, 0.15) is 28.7 Å². The lowest BCUT2D eigenvalue weighted by Gasteiger charge is -2.39. The quantitative estimate of drug-likeness (QED) is 0.157. The van der Waals surface area contributed by atoms with E-state index in [1.54, 1.807) is 0 Å². The zero-order chi connectivity index (χ0) is 29.6. The van der Waals surface area contributed by atoms with E-state index in [9.17, 15) is 0 Å². The van der Waals surface area contributed by atoms with E-state index in [-0.39, 0.29) is 0 Å². The lowest BCUT2D eigenvalue weighted by atomic mass is 10.2. The van der Waals surface area contributed by atoms with Crippen LogP contribution in [0, 0.1) is 0 Å². The highest BCUT2D eigenvalue weighted by Crippen LogP contribution is 2.84. The van der Waals surface area contributed by atoms with Crippen LogP contribution in [-0.4, -0.2) is 22.6 Å². The van der Waals surface area contributed by atoms with Crippen molar-refractivity contribution < 1.29 is 9.05 Å². The molecule has 0 N–H and O–H groups in total. The normalized spacial score (nSPS) is 23.0. The molecule has 224 valence electrons. The SMILES string of the molecule is ClP1(N(Cc2ccccc2)Cc2ccccc2)=NP2(=NP(Cl)(N(Cc3ccccc3)Cc3ccccc3)=N1)OCCCO2. The zero-order valence-electron chi connectivity index (χ0n) is 23.6. The van der Waals surface area contributed by atoms with Gasteiger partial charge in [0, 0.05) is 26.2 Å². The second kappa shape index (κ2) is 14.0. The Morgan fingerprint density at radius 3 is 1.16 bits per heavy atom. The van der Waals surface area contributed by atoms with Crippen LogP contribution in [0.4, 0.5) is 0 Å². The monoisotopic (exact) mass is 671 g/mol. The molecule has 0 saturated carbocycles. The maximum Gasteiger partial charge on any atom is 0.345 e. The van der Waals surface area contributed by atoms with Gasteiger partial charge in [-0.1, -0.05) is 121 Å². The van der Waals surface area contributed by atoms with Crippen LogP contribution in [0.2, 0.25) is 0 Å². The third-order valence-corrected chi connectivity index (χ3v) is 19.3. The van der Waals surface area contributed by atoms with Crippen LogP contribution in [0.3, 0.4) is 0 Å². The Morgan fingerprint density at radius 1 is 0.488 bits per heavy atom. The van der Waals surface area contributed by atoms with Crippen molar-refractivity contribution in [1.82, 2.24) is 9.34 Å². The largest absolute Gasteiger partial charge is 0.345 e. The third-order valence-electron chi connectivity index (χ3n) is 7.04. The number of hydrogen-bond donors (Lipinski definition) is 0. The summed E-state index contributed by atoms with van der Waals surface area (Å²) in [6.07, 6.45) is 0.765. The molecule has 4 aromatic rings. The van der Waals surface area contributed by atoms with Gasteiger partial charge in [-0.2, -0.15) is 13.5 Å². The fourth-order valence-electron chi connectivity index (χ4n) is 4.93. The second-order valence-electron chi connectivity index (χ2n) is 10.4. The first-order chi connectivity index (χ1) is 20.9. The summed E-state index contributed by atoms with van der Waals surface area (Å²) in [5.74, 6) is 0. The van der Waals surface area contributed by atoms with Gasteiger partial charge in [0.1, 0.15) is 0 Å². The molecule has 0 bridgehead atoms. The van der Waals surface area contributed by atoms with Gasteiger partial charge in [0.2, 0.25) is 13.4 Å². The molecule has 0 radical (unpaired) electrons. The molecule has 1 saturated heterocycles. The molecule has 4 aromatic carbocycles. The van der Waals surface area contributed by atoms with Gasteiger partial charge in [0.15, 0.2) is 0 Å². The Kier molecular flexibility index (Phi) is 10.1. The summed E-state index contributed by atoms with van der Waals surface area (Å²) in [7, 11) is -3.15. The fraction of sp³-hybridized carbons (Fsp3) is 0.226. The molecular weight excluding hydrogens is 638 g/mol. The van der Waals surface area contributed by atoms with E-state index < -0.39 is 21.1 Å². The topological polar surface area (TPSA) is 62.0 Å². The van der Waals surface area contributed by atoms with Crippen molar-refractivity contribution in [2.45, 2.75) is 32.6 Å². The lowest BCUT2D eigenvalue weighted by molar-refractivity contribution is 0.174. The molecule has 12 heteroatoms. The van der Waals surface area contributed by atoms with Crippen LogP contribution in [0.25, 0.3) is 0 Å². The molecule has 0 aliphatic carbocycles. The predicted molar refractivity (Wildman–Crippen MR) is 181 cm³/mol. The molecule has 2 unspecified atom stereocenters. The minimum Gasteiger partial charge on any atom is -0.306 e. The second-order valence-corrected chi connectivity index (χ2v) is 19.8. The smallest absolute Gasteiger partial charge is 0.306 e. The number of nitrogens with zero attached hydrogens (tertiary/aromatic N) is 5. The molecule has 0 amide bonds. The minimum atomic E-state index is -3.19. The zero-order valence-corrected chi connectivity index (χ0v) is 27.8. The molecule has 2 aliphatic rings. The summed E-state index contributed by atoms with van der Waals surface area (Å²) in [6.45, 7) is -3.25. The van der Waals surface area contributed by atoms with Crippen LogP contribution >= 0.6 is 43.6 Å². The van der Waals surface area contributed by atoms with Crippen molar-refractivity contribution in [2.24, 2.45) is 13.5 Å². The molecule has 6 rings (SSSR count). The van der Waals surface area contributed by atoms with E-state index in [4.69, 9.17) is 45.1 Å². The molecule has 2 atom stereocenters. The van der Waals surface area contributed by atoms with Gasteiger partial charge in [0.25, 0.3) is 0 Å². The number of hydrogen-bond acceptors (Lipinski definition) is 7. The average Bonchev–Trinajstić information content (AvgIpc) is 3.02. The standard InChI is InChI=1S/C31H34Cl2N5O2P3/c32-41(37(24-28-14-5-1-6-15-28)25-29-16-7-2-8-17-29)34-42(33,36-43(35-41)39-22-13-23-40-43)38(26-30-18-9-3-10-19-30)27-31-20-11-4-12-21-31/h1-12,14-21H,13,22-27H2. The number of halogens is 2. The molecule has 2 heterocycles. The van der Waals surface area contributed by atoms with E-state index in [0.29, 0.717) is 39.4 Å². The van der Waals surface area contributed by atoms with E-state index in [1.807, 2.05) is 72.8 Å². The Bertz CT molecular complexity index is 1490. The van der Waals surface area contributed by atoms with Gasteiger partial charge < -0.3 is 9.05 Å². The molecule has 43 heavy (non-hydrogen) atoms. The lowest BCUT2D eigenvalue weighted by Crippen LogP contribution is -2.21. The van der Waals surface area contributed by atoms with Crippen molar-refractivity contribution >= 4 is 43.6 Å². The van der Waals surface area contributed by atoms with Crippen molar-refractivity contribution in [3.05, 3.63) is 144 Å². The van der Waals surface area contributed by atoms with Crippen LogP contribution in [0.15, 0.2) is 135 Å². The Labute approximate surface area is 264 Å². The van der Waals surface area contributed by atoms with E-state index in [2.05, 4.69) is 57.9 Å². The third kappa shape index (κ3) is 7.81. The predicted octanol–water partition coefficient (Wildman–Crippen LogP) is 11.2. The maximum absolute atomic E-state index is 7.73. The first kappa shape index (κ1) is 31.0. The summed E-state index contributed by atoms with van der Waals surface area (Å²) < 4.78 is 32.6. The van der Waals surface area contributed by atoms with Crippen LogP contribution in [0.5, 0.6) is 0 Å². The average molecular weight is 672 g/mol. The summed E-state index contributed by atoms with van der Waals surface area (Å²) >= 11 is 15.5. The number of benzene rings is 4. The summed E-state index contributed by atoms with van der Waals surface area (Å²) in [6, 6.07) is 41.0. The first-order valence-electron chi connectivity index (χ1n) is 14.2. The van der Waals surface area contributed by atoms with E-state index >= 15 is 0 Å².